The van der Waals surface area contributed by atoms with Crippen molar-refractivity contribution in [2.45, 2.75) is 44.2 Å². The summed E-state index contributed by atoms with van der Waals surface area (Å²) in [5.41, 5.74) is 1.27. The highest BCUT2D eigenvalue weighted by atomic mass is 19.4. The zero-order chi connectivity index (χ0) is 13.5. The van der Waals surface area contributed by atoms with E-state index in [1.54, 1.807) is 6.07 Å². The summed E-state index contributed by atoms with van der Waals surface area (Å²) in [6.45, 7) is 0.875. The van der Waals surface area contributed by atoms with Gasteiger partial charge in [0, 0.05) is 12.2 Å². The molecule has 104 valence electrons. The summed E-state index contributed by atoms with van der Waals surface area (Å²) >= 11 is 0. The second kappa shape index (κ2) is 4.73. The number of anilines is 1. The van der Waals surface area contributed by atoms with E-state index in [0.717, 1.165) is 24.2 Å². The normalized spacial score (nSPS) is 24.1. The highest BCUT2D eigenvalue weighted by Crippen LogP contribution is 2.45. The maximum atomic E-state index is 12.8. The van der Waals surface area contributed by atoms with E-state index in [4.69, 9.17) is 0 Å². The molecule has 1 unspecified atom stereocenters. The fraction of sp³-hybridized carbons (Fsp3) is 0.600. The summed E-state index contributed by atoms with van der Waals surface area (Å²) in [7, 11) is 0. The van der Waals surface area contributed by atoms with Crippen LogP contribution < -0.4 is 5.32 Å². The van der Waals surface area contributed by atoms with Gasteiger partial charge in [-0.15, -0.1) is 0 Å². The van der Waals surface area contributed by atoms with Gasteiger partial charge in [0.15, 0.2) is 0 Å². The molecule has 1 aliphatic heterocycles. The lowest BCUT2D eigenvalue weighted by atomic mass is 9.79. The molecule has 19 heavy (non-hydrogen) atoms. The van der Waals surface area contributed by atoms with E-state index < -0.39 is 11.7 Å². The molecule has 1 aromatic carbocycles. The minimum absolute atomic E-state index is 0.307. The van der Waals surface area contributed by atoms with Crippen LogP contribution in [-0.4, -0.2) is 6.54 Å². The largest absolute Gasteiger partial charge is 0.416 e. The Morgan fingerprint density at radius 1 is 1.05 bits per heavy atom. The highest BCUT2D eigenvalue weighted by molar-refractivity contribution is 5.56. The maximum Gasteiger partial charge on any atom is 0.416 e. The van der Waals surface area contributed by atoms with Crippen LogP contribution in [0.3, 0.4) is 0 Å². The van der Waals surface area contributed by atoms with Gasteiger partial charge < -0.3 is 5.32 Å². The third-order valence-electron chi connectivity index (χ3n) is 4.52. The first-order valence-electron chi connectivity index (χ1n) is 7.01. The number of benzene rings is 1. The monoisotopic (exact) mass is 269 g/mol. The maximum absolute atomic E-state index is 12.8. The van der Waals surface area contributed by atoms with Crippen molar-refractivity contribution in [3.63, 3.8) is 0 Å². The van der Waals surface area contributed by atoms with Crippen molar-refractivity contribution in [1.82, 2.24) is 0 Å². The Morgan fingerprint density at radius 2 is 1.79 bits per heavy atom. The fourth-order valence-electron chi connectivity index (χ4n) is 3.57. The van der Waals surface area contributed by atoms with Gasteiger partial charge >= 0.3 is 6.18 Å². The molecule has 0 amide bonds. The molecule has 2 aliphatic rings. The lowest BCUT2D eigenvalue weighted by Crippen LogP contribution is -2.22. The van der Waals surface area contributed by atoms with Gasteiger partial charge in [0.05, 0.1) is 5.56 Å². The van der Waals surface area contributed by atoms with Crippen molar-refractivity contribution >= 4 is 5.69 Å². The van der Waals surface area contributed by atoms with Gasteiger partial charge in [0.2, 0.25) is 0 Å². The molecule has 0 aromatic heterocycles. The molecule has 3 rings (SSSR count). The quantitative estimate of drug-likeness (QED) is 0.772. The van der Waals surface area contributed by atoms with Gasteiger partial charge in [-0.2, -0.15) is 13.2 Å². The first kappa shape index (κ1) is 12.8. The van der Waals surface area contributed by atoms with Gasteiger partial charge in [-0.1, -0.05) is 12.8 Å². The van der Waals surface area contributed by atoms with E-state index in [-0.39, 0.29) is 0 Å². The molecule has 1 heterocycles. The zero-order valence-electron chi connectivity index (χ0n) is 10.8. The third-order valence-corrected chi connectivity index (χ3v) is 4.52. The molecule has 0 radical (unpaired) electrons. The lowest BCUT2D eigenvalue weighted by molar-refractivity contribution is -0.137. The summed E-state index contributed by atoms with van der Waals surface area (Å²) in [6.07, 6.45) is 1.50. The van der Waals surface area contributed by atoms with Crippen LogP contribution >= 0.6 is 0 Å². The minimum Gasteiger partial charge on any atom is -0.385 e. The number of halogens is 3. The van der Waals surface area contributed by atoms with E-state index >= 15 is 0 Å². The van der Waals surface area contributed by atoms with Crippen molar-refractivity contribution < 1.29 is 13.2 Å². The average Bonchev–Trinajstić information content (AvgIpc) is 2.90. The molecule has 1 saturated carbocycles. The first-order chi connectivity index (χ1) is 9.05. The summed E-state index contributed by atoms with van der Waals surface area (Å²) in [4.78, 5) is 0. The van der Waals surface area contributed by atoms with Crippen molar-refractivity contribution in [3.8, 4) is 0 Å². The molecular weight excluding hydrogens is 251 g/mol. The molecule has 1 atom stereocenters. The minimum atomic E-state index is -4.24. The smallest absolute Gasteiger partial charge is 0.385 e. The molecule has 4 heteroatoms. The Bertz CT molecular complexity index is 461. The van der Waals surface area contributed by atoms with Gasteiger partial charge in [-0.25, -0.2) is 0 Å². The van der Waals surface area contributed by atoms with E-state index in [1.807, 2.05) is 0 Å². The Kier molecular flexibility index (Phi) is 3.19. The second-order valence-electron chi connectivity index (χ2n) is 5.67. The van der Waals surface area contributed by atoms with Crippen LogP contribution in [0.2, 0.25) is 0 Å². The lowest BCUT2D eigenvalue weighted by Gasteiger charge is -2.31. The van der Waals surface area contributed by atoms with Crippen LogP contribution in [0.4, 0.5) is 18.9 Å². The fourth-order valence-corrected chi connectivity index (χ4v) is 3.57. The summed E-state index contributed by atoms with van der Waals surface area (Å²) < 4.78 is 38.5. The van der Waals surface area contributed by atoms with Crippen LogP contribution in [-0.2, 0) is 6.18 Å². The Balaban J connectivity index is 1.97. The molecule has 0 spiro atoms. The number of rotatable bonds is 1. The standard InChI is InChI=1S/C15H18F3N/c16-15(17,18)11-5-6-14-13(9-11)12(7-8-19-14)10-3-1-2-4-10/h5-6,9-10,12,19H,1-4,7-8H2. The topological polar surface area (TPSA) is 12.0 Å². The number of hydrogen-bond acceptors (Lipinski definition) is 1. The van der Waals surface area contributed by atoms with Gasteiger partial charge in [0.1, 0.15) is 0 Å². The van der Waals surface area contributed by atoms with E-state index in [0.29, 0.717) is 11.8 Å². The molecular formula is C15H18F3N. The van der Waals surface area contributed by atoms with Crippen LogP contribution in [0.25, 0.3) is 0 Å². The molecule has 1 fully saturated rings. The number of hydrogen-bond donors (Lipinski definition) is 1. The van der Waals surface area contributed by atoms with Crippen LogP contribution in [0, 0.1) is 5.92 Å². The van der Waals surface area contributed by atoms with Gasteiger partial charge in [-0.05, 0) is 54.9 Å². The van der Waals surface area contributed by atoms with Crippen LogP contribution in [0.5, 0.6) is 0 Å². The zero-order valence-corrected chi connectivity index (χ0v) is 10.8. The summed E-state index contributed by atoms with van der Waals surface area (Å²) in [6, 6.07) is 4.15. The Hall–Kier alpha value is -1.19. The molecule has 0 bridgehead atoms. The van der Waals surface area contributed by atoms with Crippen molar-refractivity contribution in [2.24, 2.45) is 5.92 Å². The predicted octanol–water partition coefficient (Wildman–Crippen LogP) is 4.79. The van der Waals surface area contributed by atoms with Crippen LogP contribution in [0.1, 0.15) is 49.1 Å². The average molecular weight is 269 g/mol. The van der Waals surface area contributed by atoms with Gasteiger partial charge in [0.25, 0.3) is 0 Å². The molecule has 1 N–H and O–H groups in total. The number of alkyl halides is 3. The number of nitrogens with one attached hydrogen (secondary N) is 1. The van der Waals surface area contributed by atoms with E-state index in [9.17, 15) is 13.2 Å². The van der Waals surface area contributed by atoms with Crippen LogP contribution in [0.15, 0.2) is 18.2 Å². The molecule has 0 saturated heterocycles. The van der Waals surface area contributed by atoms with E-state index in [1.165, 1.54) is 37.8 Å². The second-order valence-corrected chi connectivity index (χ2v) is 5.67. The SMILES string of the molecule is FC(F)(F)c1ccc2c(c1)C(C1CCCC1)CCN2. The van der Waals surface area contributed by atoms with E-state index in [2.05, 4.69) is 5.32 Å². The summed E-state index contributed by atoms with van der Waals surface area (Å²) in [5, 5.41) is 3.23. The Morgan fingerprint density at radius 3 is 2.47 bits per heavy atom. The highest BCUT2D eigenvalue weighted by Gasteiger charge is 2.35. The van der Waals surface area contributed by atoms with Crippen molar-refractivity contribution in [1.29, 1.82) is 0 Å². The molecule has 1 aromatic rings. The van der Waals surface area contributed by atoms with Gasteiger partial charge in [-0.3, -0.25) is 0 Å². The third kappa shape index (κ3) is 2.45. The predicted molar refractivity (Wildman–Crippen MR) is 69.2 cm³/mol. The molecule has 1 nitrogen and oxygen atoms in total. The Labute approximate surface area is 111 Å². The number of fused-ring (bicyclic) bond motifs is 1. The first-order valence-corrected chi connectivity index (χ1v) is 7.01. The molecule has 1 aliphatic carbocycles. The summed E-state index contributed by atoms with van der Waals surface area (Å²) in [5.74, 6) is 0.880. The van der Waals surface area contributed by atoms with Crippen molar-refractivity contribution in [2.75, 3.05) is 11.9 Å². The van der Waals surface area contributed by atoms with Crippen molar-refractivity contribution in [3.05, 3.63) is 29.3 Å².